The second kappa shape index (κ2) is 6.52. The van der Waals surface area contributed by atoms with Crippen molar-refractivity contribution >= 4 is 11.8 Å². The smallest absolute Gasteiger partial charge is 0.0228 e. The van der Waals surface area contributed by atoms with E-state index in [0.717, 1.165) is 5.75 Å². The van der Waals surface area contributed by atoms with Crippen LogP contribution in [0.1, 0.15) is 19.4 Å². The maximum atomic E-state index is 3.75. The normalized spacial score (nSPS) is 11.8. The van der Waals surface area contributed by atoms with Crippen molar-refractivity contribution in [3.8, 4) is 0 Å². The summed E-state index contributed by atoms with van der Waals surface area (Å²) in [5.74, 6) is 1.62. The van der Waals surface area contributed by atoms with E-state index in [1.54, 1.807) is 0 Å². The zero-order valence-electron chi connectivity index (χ0n) is 9.44. The monoisotopic (exact) mass is 218 g/mol. The highest BCUT2D eigenvalue weighted by Crippen LogP contribution is 2.27. The molecule has 0 aliphatic carbocycles. The molecule has 0 spiro atoms. The molecule has 1 rings (SSSR count). The first-order valence-electron chi connectivity index (χ1n) is 5.23. The van der Waals surface area contributed by atoms with Gasteiger partial charge in [0.2, 0.25) is 0 Å². The van der Waals surface area contributed by atoms with Crippen molar-refractivity contribution in [1.29, 1.82) is 0 Å². The standard InChI is InChI=1S/C14H18S/c1-4-8-14(12(2)3)15-11-13-9-6-5-7-10-13/h4-10,12H,1,11H2,2-3H3/b14-8-. The van der Waals surface area contributed by atoms with Crippen LogP contribution in [-0.2, 0) is 5.75 Å². The molecule has 0 bridgehead atoms. The molecule has 1 heteroatoms. The molecule has 0 saturated carbocycles. The number of thioether (sulfide) groups is 1. The number of hydrogen-bond donors (Lipinski definition) is 0. The highest BCUT2D eigenvalue weighted by molar-refractivity contribution is 8.02. The summed E-state index contributed by atoms with van der Waals surface area (Å²) in [6.07, 6.45) is 3.98. The largest absolute Gasteiger partial charge is 0.126 e. The molecule has 0 aliphatic heterocycles. The zero-order chi connectivity index (χ0) is 11.1. The van der Waals surface area contributed by atoms with Gasteiger partial charge in [-0.2, -0.15) is 0 Å². The Morgan fingerprint density at radius 2 is 2.00 bits per heavy atom. The van der Waals surface area contributed by atoms with E-state index in [4.69, 9.17) is 0 Å². The van der Waals surface area contributed by atoms with Gasteiger partial charge in [-0.05, 0) is 16.4 Å². The molecule has 1 aromatic carbocycles. The topological polar surface area (TPSA) is 0 Å². The summed E-state index contributed by atoms with van der Waals surface area (Å²) in [4.78, 5) is 1.40. The van der Waals surface area contributed by atoms with Gasteiger partial charge in [-0.3, -0.25) is 0 Å². The third-order valence-corrected chi connectivity index (χ3v) is 3.52. The molecule has 1 aromatic rings. The average Bonchev–Trinajstić information content (AvgIpc) is 2.25. The Balaban J connectivity index is 2.55. The van der Waals surface area contributed by atoms with Crippen LogP contribution in [0.25, 0.3) is 0 Å². The Morgan fingerprint density at radius 1 is 1.33 bits per heavy atom. The lowest BCUT2D eigenvalue weighted by Gasteiger charge is -2.10. The Hall–Kier alpha value is -0.950. The van der Waals surface area contributed by atoms with Gasteiger partial charge < -0.3 is 0 Å². The van der Waals surface area contributed by atoms with Gasteiger partial charge in [-0.15, -0.1) is 11.8 Å². The molecule has 0 N–H and O–H groups in total. The Morgan fingerprint density at radius 3 is 2.53 bits per heavy atom. The van der Waals surface area contributed by atoms with Gasteiger partial charge in [-0.25, -0.2) is 0 Å². The minimum absolute atomic E-state index is 0.580. The van der Waals surface area contributed by atoms with Crippen LogP contribution >= 0.6 is 11.8 Å². The molecule has 0 atom stereocenters. The van der Waals surface area contributed by atoms with E-state index in [-0.39, 0.29) is 0 Å². The molecule has 0 aliphatic rings. The van der Waals surface area contributed by atoms with E-state index in [2.05, 4.69) is 56.8 Å². The molecule has 0 saturated heterocycles. The zero-order valence-corrected chi connectivity index (χ0v) is 10.3. The molecular formula is C14H18S. The van der Waals surface area contributed by atoms with Crippen molar-refractivity contribution in [1.82, 2.24) is 0 Å². The fourth-order valence-corrected chi connectivity index (χ4v) is 2.32. The summed E-state index contributed by atoms with van der Waals surface area (Å²) in [6, 6.07) is 10.6. The first-order valence-corrected chi connectivity index (χ1v) is 6.22. The predicted molar refractivity (Wildman–Crippen MR) is 70.9 cm³/mol. The molecule has 0 heterocycles. The minimum Gasteiger partial charge on any atom is -0.126 e. The van der Waals surface area contributed by atoms with Gasteiger partial charge in [0.1, 0.15) is 0 Å². The van der Waals surface area contributed by atoms with Crippen LogP contribution in [0.3, 0.4) is 0 Å². The van der Waals surface area contributed by atoms with Crippen LogP contribution in [-0.4, -0.2) is 0 Å². The molecule has 0 aromatic heterocycles. The van der Waals surface area contributed by atoms with Crippen LogP contribution in [0.4, 0.5) is 0 Å². The fourth-order valence-electron chi connectivity index (χ4n) is 1.26. The summed E-state index contributed by atoms with van der Waals surface area (Å²) >= 11 is 1.90. The van der Waals surface area contributed by atoms with Crippen molar-refractivity contribution in [2.24, 2.45) is 5.92 Å². The molecule has 15 heavy (non-hydrogen) atoms. The van der Waals surface area contributed by atoms with E-state index in [1.807, 2.05) is 17.8 Å². The molecular weight excluding hydrogens is 200 g/mol. The van der Waals surface area contributed by atoms with Crippen LogP contribution < -0.4 is 0 Å². The van der Waals surface area contributed by atoms with Crippen LogP contribution in [0.15, 0.2) is 54.0 Å². The lowest BCUT2D eigenvalue weighted by Crippen LogP contribution is -1.90. The van der Waals surface area contributed by atoms with Crippen molar-refractivity contribution in [2.45, 2.75) is 19.6 Å². The Bertz CT molecular complexity index is 322. The van der Waals surface area contributed by atoms with Crippen molar-refractivity contribution in [3.63, 3.8) is 0 Å². The van der Waals surface area contributed by atoms with E-state index in [9.17, 15) is 0 Å². The minimum atomic E-state index is 0.580. The highest BCUT2D eigenvalue weighted by atomic mass is 32.2. The summed E-state index contributed by atoms with van der Waals surface area (Å²) < 4.78 is 0. The molecule has 0 unspecified atom stereocenters. The molecule has 0 nitrogen and oxygen atoms in total. The average molecular weight is 218 g/mol. The SMILES string of the molecule is C=C/C=C(\SCc1ccccc1)C(C)C. The highest BCUT2D eigenvalue weighted by Gasteiger charge is 2.03. The predicted octanol–water partition coefficient (Wildman–Crippen LogP) is 4.65. The molecule has 80 valence electrons. The van der Waals surface area contributed by atoms with Gasteiger partial charge in [0.05, 0.1) is 0 Å². The lowest BCUT2D eigenvalue weighted by atomic mass is 10.2. The summed E-state index contributed by atoms with van der Waals surface area (Å²) in [6.45, 7) is 8.18. The summed E-state index contributed by atoms with van der Waals surface area (Å²) in [5.41, 5.74) is 1.37. The lowest BCUT2D eigenvalue weighted by molar-refractivity contribution is 0.816. The van der Waals surface area contributed by atoms with E-state index in [1.165, 1.54) is 10.5 Å². The van der Waals surface area contributed by atoms with E-state index in [0.29, 0.717) is 5.92 Å². The quantitative estimate of drug-likeness (QED) is 0.648. The van der Waals surface area contributed by atoms with Crippen LogP contribution in [0.2, 0.25) is 0 Å². The Labute approximate surface area is 97.1 Å². The van der Waals surface area contributed by atoms with Gasteiger partial charge in [0.25, 0.3) is 0 Å². The van der Waals surface area contributed by atoms with Crippen LogP contribution in [0.5, 0.6) is 0 Å². The first-order chi connectivity index (χ1) is 7.24. The molecule has 0 radical (unpaired) electrons. The number of hydrogen-bond acceptors (Lipinski definition) is 1. The second-order valence-electron chi connectivity index (χ2n) is 3.73. The summed E-state index contributed by atoms with van der Waals surface area (Å²) in [5, 5.41) is 0. The molecule has 0 fully saturated rings. The number of allylic oxidation sites excluding steroid dienone is 3. The van der Waals surface area contributed by atoms with Crippen molar-refractivity contribution in [3.05, 3.63) is 59.5 Å². The molecule has 0 amide bonds. The maximum Gasteiger partial charge on any atom is 0.0228 e. The maximum absolute atomic E-state index is 3.75. The third-order valence-electron chi connectivity index (χ3n) is 2.10. The van der Waals surface area contributed by atoms with Gasteiger partial charge in [0.15, 0.2) is 0 Å². The van der Waals surface area contributed by atoms with Gasteiger partial charge in [-0.1, -0.05) is 62.9 Å². The Kier molecular flexibility index (Phi) is 5.27. The number of rotatable bonds is 5. The van der Waals surface area contributed by atoms with Crippen LogP contribution in [0, 0.1) is 5.92 Å². The first kappa shape index (κ1) is 12.1. The van der Waals surface area contributed by atoms with E-state index >= 15 is 0 Å². The third kappa shape index (κ3) is 4.39. The van der Waals surface area contributed by atoms with Crippen molar-refractivity contribution in [2.75, 3.05) is 0 Å². The van der Waals surface area contributed by atoms with E-state index < -0.39 is 0 Å². The van der Waals surface area contributed by atoms with Gasteiger partial charge >= 0.3 is 0 Å². The summed E-state index contributed by atoms with van der Waals surface area (Å²) in [7, 11) is 0. The second-order valence-corrected chi connectivity index (χ2v) is 4.78. The fraction of sp³-hybridized carbons (Fsp3) is 0.286. The van der Waals surface area contributed by atoms with Crippen molar-refractivity contribution < 1.29 is 0 Å². The number of benzene rings is 1. The van der Waals surface area contributed by atoms with Gasteiger partial charge in [0, 0.05) is 5.75 Å².